The first-order valence-corrected chi connectivity index (χ1v) is 6.03. The van der Waals surface area contributed by atoms with Gasteiger partial charge in [0.1, 0.15) is 0 Å². The number of hydrogen-bond donors (Lipinski definition) is 0. The second kappa shape index (κ2) is 5.69. The Hall–Kier alpha value is -0.120. The van der Waals surface area contributed by atoms with Crippen molar-refractivity contribution in [2.24, 2.45) is 0 Å². The third-order valence-corrected chi connectivity index (χ3v) is 3.30. The van der Waals surface area contributed by atoms with Gasteiger partial charge >= 0.3 is 0 Å². The molecule has 0 aliphatic carbocycles. The van der Waals surface area contributed by atoms with Gasteiger partial charge in [0.15, 0.2) is 0 Å². The van der Waals surface area contributed by atoms with Crippen LogP contribution in [0, 0.1) is 0 Å². The largest absolute Gasteiger partial charge is 0.302 e. The first-order valence-electron chi connectivity index (χ1n) is 6.03. The van der Waals surface area contributed by atoms with Gasteiger partial charge in [0.05, 0.1) is 0 Å². The molecule has 0 aromatic heterocycles. The predicted octanol–water partition coefficient (Wildman–Crippen LogP) is 0.392. The van der Waals surface area contributed by atoms with Crippen LogP contribution in [0.15, 0.2) is 0 Å². The molecule has 2 aliphatic rings. The maximum absolute atomic E-state index is 4.45. The molecule has 2 saturated heterocycles. The molecule has 2 fully saturated rings. The van der Waals surface area contributed by atoms with E-state index in [-0.39, 0.29) is 0 Å². The first-order chi connectivity index (χ1) is 6.95. The van der Waals surface area contributed by atoms with Crippen molar-refractivity contribution in [1.29, 1.82) is 0 Å². The van der Waals surface area contributed by atoms with E-state index in [1.54, 1.807) is 0 Å². The highest BCUT2D eigenvalue weighted by molar-refractivity contribution is 4.70. The summed E-state index contributed by atoms with van der Waals surface area (Å²) in [4.78, 5) is 5.18. The third kappa shape index (κ3) is 3.23. The smallest absolute Gasteiger partial charge is 0.0261 e. The summed E-state index contributed by atoms with van der Waals surface area (Å²) in [6.07, 6.45) is 4.09. The highest BCUT2D eigenvalue weighted by Crippen LogP contribution is 2.07. The Morgan fingerprint density at radius 3 is 2.14 bits per heavy atom. The van der Waals surface area contributed by atoms with Crippen molar-refractivity contribution in [2.75, 3.05) is 52.4 Å². The third-order valence-electron chi connectivity index (χ3n) is 3.30. The van der Waals surface area contributed by atoms with Crippen molar-refractivity contribution in [2.45, 2.75) is 19.3 Å². The Labute approximate surface area is 87.4 Å². The van der Waals surface area contributed by atoms with Crippen LogP contribution in [0.1, 0.15) is 19.3 Å². The molecule has 3 heteroatoms. The van der Waals surface area contributed by atoms with E-state index >= 15 is 0 Å². The molecule has 14 heavy (non-hydrogen) atoms. The summed E-state index contributed by atoms with van der Waals surface area (Å²) in [5.41, 5.74) is 0. The number of rotatable bonds is 3. The zero-order valence-electron chi connectivity index (χ0n) is 9.12. The zero-order valence-corrected chi connectivity index (χ0v) is 9.12. The standard InChI is InChI=1S/C11H22N3/c1-2-7-13(6-1)10-11-14-8-3-4-12-5-9-14/h1-11H2. The predicted molar refractivity (Wildman–Crippen MR) is 58.6 cm³/mol. The van der Waals surface area contributed by atoms with Gasteiger partial charge in [-0.3, -0.25) is 0 Å². The highest BCUT2D eigenvalue weighted by Gasteiger charge is 2.14. The Kier molecular flexibility index (Phi) is 4.22. The van der Waals surface area contributed by atoms with Crippen LogP contribution in [0.5, 0.6) is 0 Å². The van der Waals surface area contributed by atoms with Gasteiger partial charge in [-0.25, -0.2) is 5.32 Å². The van der Waals surface area contributed by atoms with Crippen LogP contribution < -0.4 is 5.32 Å². The van der Waals surface area contributed by atoms with Crippen molar-refractivity contribution in [3.8, 4) is 0 Å². The zero-order chi connectivity index (χ0) is 9.64. The Bertz CT molecular complexity index is 147. The molecule has 0 bridgehead atoms. The van der Waals surface area contributed by atoms with Gasteiger partial charge < -0.3 is 9.80 Å². The van der Waals surface area contributed by atoms with Crippen molar-refractivity contribution in [1.82, 2.24) is 15.1 Å². The normalized spacial score (nSPS) is 26.6. The fourth-order valence-corrected chi connectivity index (χ4v) is 2.35. The molecule has 2 aliphatic heterocycles. The van der Waals surface area contributed by atoms with E-state index in [0.717, 1.165) is 13.1 Å². The Balaban J connectivity index is 1.62. The molecule has 0 aromatic rings. The fraction of sp³-hybridized carbons (Fsp3) is 1.00. The molecule has 0 N–H and O–H groups in total. The van der Waals surface area contributed by atoms with Gasteiger partial charge in [0, 0.05) is 32.7 Å². The lowest BCUT2D eigenvalue weighted by molar-refractivity contribution is 0.235. The van der Waals surface area contributed by atoms with Gasteiger partial charge in [-0.1, -0.05) is 0 Å². The minimum atomic E-state index is 1.06. The quantitative estimate of drug-likeness (QED) is 0.651. The molecule has 3 nitrogen and oxygen atoms in total. The summed E-state index contributed by atoms with van der Waals surface area (Å²) >= 11 is 0. The summed E-state index contributed by atoms with van der Waals surface area (Å²) in [6, 6.07) is 0. The number of hydrogen-bond acceptors (Lipinski definition) is 2. The van der Waals surface area contributed by atoms with Crippen LogP contribution in [0.2, 0.25) is 0 Å². The average Bonchev–Trinajstić information content (AvgIpc) is 2.58. The van der Waals surface area contributed by atoms with E-state index in [2.05, 4.69) is 15.1 Å². The molecule has 2 heterocycles. The van der Waals surface area contributed by atoms with Crippen LogP contribution >= 0.6 is 0 Å². The maximum Gasteiger partial charge on any atom is 0.0261 e. The summed E-state index contributed by atoms with van der Waals surface area (Å²) in [5.74, 6) is 0. The number of nitrogens with zero attached hydrogens (tertiary/aromatic N) is 3. The lowest BCUT2D eigenvalue weighted by Crippen LogP contribution is -2.35. The van der Waals surface area contributed by atoms with E-state index in [4.69, 9.17) is 0 Å². The highest BCUT2D eigenvalue weighted by atomic mass is 15.2. The van der Waals surface area contributed by atoms with Gasteiger partial charge in [-0.05, 0) is 38.9 Å². The van der Waals surface area contributed by atoms with Crippen LogP contribution in [0.3, 0.4) is 0 Å². The molecule has 81 valence electrons. The fourth-order valence-electron chi connectivity index (χ4n) is 2.35. The maximum atomic E-state index is 4.45. The van der Waals surface area contributed by atoms with Crippen LogP contribution in [0.4, 0.5) is 0 Å². The average molecular weight is 196 g/mol. The van der Waals surface area contributed by atoms with E-state index in [0.29, 0.717) is 0 Å². The van der Waals surface area contributed by atoms with Gasteiger partial charge in [0.2, 0.25) is 0 Å². The molecule has 0 atom stereocenters. The summed E-state index contributed by atoms with van der Waals surface area (Å²) in [7, 11) is 0. The summed E-state index contributed by atoms with van der Waals surface area (Å²) < 4.78 is 0. The van der Waals surface area contributed by atoms with Crippen molar-refractivity contribution in [3.63, 3.8) is 0 Å². The second-order valence-electron chi connectivity index (χ2n) is 4.41. The molecule has 0 saturated carbocycles. The van der Waals surface area contributed by atoms with Crippen molar-refractivity contribution < 1.29 is 0 Å². The van der Waals surface area contributed by atoms with Crippen molar-refractivity contribution in [3.05, 3.63) is 0 Å². The SMILES string of the molecule is C1CCN(CCN2CCC[N]CC2)C1. The minimum Gasteiger partial charge on any atom is -0.302 e. The summed E-state index contributed by atoms with van der Waals surface area (Å²) in [5, 5.41) is 4.45. The summed E-state index contributed by atoms with van der Waals surface area (Å²) in [6.45, 7) is 9.79. The molecule has 0 spiro atoms. The van der Waals surface area contributed by atoms with Crippen molar-refractivity contribution >= 4 is 0 Å². The molecular weight excluding hydrogens is 174 g/mol. The van der Waals surface area contributed by atoms with Crippen LogP contribution in [-0.2, 0) is 0 Å². The van der Waals surface area contributed by atoms with E-state index < -0.39 is 0 Å². The Morgan fingerprint density at radius 2 is 1.36 bits per heavy atom. The molecule has 2 rings (SSSR count). The second-order valence-corrected chi connectivity index (χ2v) is 4.41. The van der Waals surface area contributed by atoms with Gasteiger partial charge in [-0.2, -0.15) is 0 Å². The lowest BCUT2D eigenvalue weighted by Gasteiger charge is -2.23. The van der Waals surface area contributed by atoms with Crippen LogP contribution in [-0.4, -0.2) is 62.2 Å². The van der Waals surface area contributed by atoms with E-state index in [1.807, 2.05) is 0 Å². The molecule has 0 amide bonds. The lowest BCUT2D eigenvalue weighted by atomic mass is 10.4. The Morgan fingerprint density at radius 1 is 0.714 bits per heavy atom. The topological polar surface area (TPSA) is 20.6 Å². The minimum absolute atomic E-state index is 1.06. The van der Waals surface area contributed by atoms with E-state index in [1.165, 1.54) is 58.5 Å². The van der Waals surface area contributed by atoms with Crippen LogP contribution in [0.25, 0.3) is 0 Å². The molecule has 0 aromatic carbocycles. The molecule has 1 radical (unpaired) electrons. The number of likely N-dealkylation sites (tertiary alicyclic amines) is 1. The van der Waals surface area contributed by atoms with Gasteiger partial charge in [0.25, 0.3) is 0 Å². The first kappa shape index (κ1) is 10.4. The molecule has 0 unspecified atom stereocenters. The molecular formula is C11H22N3. The van der Waals surface area contributed by atoms with E-state index in [9.17, 15) is 0 Å². The van der Waals surface area contributed by atoms with Gasteiger partial charge in [-0.15, -0.1) is 0 Å². The monoisotopic (exact) mass is 196 g/mol.